The highest BCUT2D eigenvalue weighted by Crippen LogP contribution is 2.32. The van der Waals surface area contributed by atoms with Gasteiger partial charge in [-0.25, -0.2) is 4.98 Å². The highest BCUT2D eigenvalue weighted by molar-refractivity contribution is 8.00. The predicted octanol–water partition coefficient (Wildman–Crippen LogP) is 3.22. The maximum absolute atomic E-state index is 4.92. The van der Waals surface area contributed by atoms with E-state index in [1.165, 1.54) is 17.3 Å². The molecule has 1 saturated heterocycles. The molecule has 0 aliphatic carbocycles. The van der Waals surface area contributed by atoms with Gasteiger partial charge in [0, 0.05) is 47.8 Å². The van der Waals surface area contributed by atoms with Crippen LogP contribution in [0.5, 0.6) is 0 Å². The Balaban J connectivity index is 1.96. The molecule has 1 aliphatic heterocycles. The van der Waals surface area contributed by atoms with E-state index in [1.54, 1.807) is 11.3 Å². The monoisotopic (exact) mass is 324 g/mol. The topological polar surface area (TPSA) is 32.6 Å². The molecule has 3 rings (SSSR count). The van der Waals surface area contributed by atoms with Crippen LogP contribution >= 0.6 is 23.1 Å². The number of anilines is 1. The number of hydrogen-bond acceptors (Lipinski definition) is 5. The first-order chi connectivity index (χ1) is 10.1. The maximum atomic E-state index is 4.92. The van der Waals surface area contributed by atoms with E-state index in [2.05, 4.69) is 65.7 Å². The van der Waals surface area contributed by atoms with Gasteiger partial charge in [0.1, 0.15) is 0 Å². The van der Waals surface area contributed by atoms with Crippen molar-refractivity contribution in [3.63, 3.8) is 0 Å². The molecular formula is C15H24N4S2. The van der Waals surface area contributed by atoms with Crippen LogP contribution in [-0.2, 0) is 6.54 Å². The molecule has 0 aromatic carbocycles. The molecule has 3 heterocycles. The van der Waals surface area contributed by atoms with E-state index < -0.39 is 0 Å². The summed E-state index contributed by atoms with van der Waals surface area (Å²) < 4.78 is 2.24. The molecule has 6 heteroatoms. The number of thiazole rings is 1. The van der Waals surface area contributed by atoms with Crippen molar-refractivity contribution < 1.29 is 0 Å². The van der Waals surface area contributed by atoms with Crippen LogP contribution < -0.4 is 10.2 Å². The van der Waals surface area contributed by atoms with Gasteiger partial charge < -0.3 is 10.2 Å². The molecule has 0 bridgehead atoms. The Labute approximate surface area is 134 Å². The predicted molar refractivity (Wildman–Crippen MR) is 93.8 cm³/mol. The largest absolute Gasteiger partial charge is 0.350 e. The number of imidazole rings is 1. The second kappa shape index (κ2) is 6.18. The van der Waals surface area contributed by atoms with Crippen molar-refractivity contribution in [1.82, 2.24) is 14.7 Å². The Bertz CT molecular complexity index is 604. The third-order valence-corrected chi connectivity index (χ3v) is 6.27. The Morgan fingerprint density at radius 2 is 2.24 bits per heavy atom. The number of aromatic nitrogens is 2. The van der Waals surface area contributed by atoms with E-state index in [0.717, 1.165) is 18.1 Å². The van der Waals surface area contributed by atoms with Crippen molar-refractivity contribution >= 4 is 33.9 Å². The van der Waals surface area contributed by atoms with Gasteiger partial charge in [-0.3, -0.25) is 4.40 Å². The van der Waals surface area contributed by atoms with E-state index >= 15 is 0 Å². The van der Waals surface area contributed by atoms with Crippen molar-refractivity contribution in [2.75, 3.05) is 17.2 Å². The molecule has 0 spiro atoms. The molecule has 0 amide bonds. The van der Waals surface area contributed by atoms with E-state index in [4.69, 9.17) is 4.98 Å². The minimum atomic E-state index is 0.482. The number of thioether (sulfide) groups is 1. The summed E-state index contributed by atoms with van der Waals surface area (Å²) in [6.07, 6.45) is 2.14. The summed E-state index contributed by atoms with van der Waals surface area (Å²) in [5.74, 6) is 2.36. The van der Waals surface area contributed by atoms with Crippen LogP contribution in [0.3, 0.4) is 0 Å². The number of nitrogens with one attached hydrogen (secondary N) is 1. The van der Waals surface area contributed by atoms with Gasteiger partial charge in [0.25, 0.3) is 0 Å². The van der Waals surface area contributed by atoms with Gasteiger partial charge in [0.05, 0.1) is 5.69 Å². The molecule has 0 saturated carbocycles. The number of hydrogen-bond donors (Lipinski definition) is 1. The Hall–Kier alpha value is -0.720. The minimum absolute atomic E-state index is 0.482. The summed E-state index contributed by atoms with van der Waals surface area (Å²) in [4.78, 5) is 8.52. The third kappa shape index (κ3) is 2.94. The SMILES string of the molecule is CC(C)NCc1c(N2CCSC(C)C2C)nc2sccn12. The summed E-state index contributed by atoms with van der Waals surface area (Å²) in [6.45, 7) is 11.0. The van der Waals surface area contributed by atoms with Gasteiger partial charge in [-0.2, -0.15) is 11.8 Å². The van der Waals surface area contributed by atoms with Crippen molar-refractivity contribution in [3.05, 3.63) is 17.3 Å². The van der Waals surface area contributed by atoms with Gasteiger partial charge >= 0.3 is 0 Å². The molecule has 2 atom stereocenters. The standard InChI is InChI=1S/C15H24N4S2/c1-10(2)16-9-13-14(17-15-19(13)6-8-21-15)18-5-7-20-12(4)11(18)3/h6,8,10-12,16H,5,7,9H2,1-4H3. The van der Waals surface area contributed by atoms with Crippen LogP contribution in [0.2, 0.25) is 0 Å². The fourth-order valence-corrected chi connectivity index (χ4v) is 4.58. The van der Waals surface area contributed by atoms with Crippen LogP contribution in [0.25, 0.3) is 4.96 Å². The Morgan fingerprint density at radius 3 is 3.00 bits per heavy atom. The van der Waals surface area contributed by atoms with Gasteiger partial charge in [-0.15, -0.1) is 11.3 Å². The molecule has 1 N–H and O–H groups in total. The fourth-order valence-electron chi connectivity index (χ4n) is 2.75. The summed E-state index contributed by atoms with van der Waals surface area (Å²) >= 11 is 3.78. The number of rotatable bonds is 4. The highest BCUT2D eigenvalue weighted by Gasteiger charge is 2.29. The first-order valence-electron chi connectivity index (χ1n) is 7.64. The lowest BCUT2D eigenvalue weighted by atomic mass is 10.2. The average molecular weight is 325 g/mol. The van der Waals surface area contributed by atoms with Crippen LogP contribution in [-0.4, -0.2) is 39.0 Å². The van der Waals surface area contributed by atoms with Crippen LogP contribution in [0, 0.1) is 0 Å². The molecule has 1 aliphatic rings. The van der Waals surface area contributed by atoms with Gasteiger partial charge in [0.2, 0.25) is 0 Å². The summed E-state index contributed by atoms with van der Waals surface area (Å²) in [6, 6.07) is 1.02. The molecule has 0 radical (unpaired) electrons. The molecule has 116 valence electrons. The second-order valence-electron chi connectivity index (χ2n) is 5.98. The van der Waals surface area contributed by atoms with Crippen LogP contribution in [0.4, 0.5) is 5.82 Å². The second-order valence-corrected chi connectivity index (χ2v) is 8.34. The van der Waals surface area contributed by atoms with Crippen LogP contribution in [0.15, 0.2) is 11.6 Å². The fraction of sp³-hybridized carbons (Fsp3) is 0.667. The first kappa shape index (κ1) is 15.2. The van der Waals surface area contributed by atoms with Crippen molar-refractivity contribution in [1.29, 1.82) is 0 Å². The number of nitrogens with zero attached hydrogens (tertiary/aromatic N) is 3. The van der Waals surface area contributed by atoms with E-state index in [9.17, 15) is 0 Å². The zero-order valence-electron chi connectivity index (χ0n) is 13.2. The van der Waals surface area contributed by atoms with E-state index in [0.29, 0.717) is 17.3 Å². The van der Waals surface area contributed by atoms with Crippen molar-refractivity contribution in [3.8, 4) is 0 Å². The highest BCUT2D eigenvalue weighted by atomic mass is 32.2. The summed E-state index contributed by atoms with van der Waals surface area (Å²) in [5, 5.41) is 6.32. The zero-order valence-corrected chi connectivity index (χ0v) is 14.8. The quantitative estimate of drug-likeness (QED) is 0.936. The summed E-state index contributed by atoms with van der Waals surface area (Å²) in [5.41, 5.74) is 1.30. The molecule has 21 heavy (non-hydrogen) atoms. The molecule has 2 aromatic rings. The smallest absolute Gasteiger partial charge is 0.195 e. The molecule has 2 unspecified atom stereocenters. The van der Waals surface area contributed by atoms with Gasteiger partial charge in [-0.1, -0.05) is 20.8 Å². The lowest BCUT2D eigenvalue weighted by Crippen LogP contribution is -2.45. The maximum Gasteiger partial charge on any atom is 0.195 e. The Kier molecular flexibility index (Phi) is 4.47. The molecule has 1 fully saturated rings. The molecule has 2 aromatic heterocycles. The third-order valence-electron chi connectivity index (χ3n) is 4.17. The van der Waals surface area contributed by atoms with Crippen molar-refractivity contribution in [2.45, 2.75) is 51.6 Å². The van der Waals surface area contributed by atoms with Gasteiger partial charge in [-0.05, 0) is 6.92 Å². The molecule has 4 nitrogen and oxygen atoms in total. The zero-order chi connectivity index (χ0) is 15.0. The summed E-state index contributed by atoms with van der Waals surface area (Å²) in [7, 11) is 0. The number of fused-ring (bicyclic) bond motifs is 1. The lowest BCUT2D eigenvalue weighted by molar-refractivity contribution is 0.571. The van der Waals surface area contributed by atoms with Gasteiger partial charge in [0.15, 0.2) is 10.8 Å². The molecular weight excluding hydrogens is 300 g/mol. The normalized spacial score (nSPS) is 23.4. The minimum Gasteiger partial charge on any atom is -0.350 e. The van der Waals surface area contributed by atoms with Crippen LogP contribution in [0.1, 0.15) is 33.4 Å². The lowest BCUT2D eigenvalue weighted by Gasteiger charge is -2.38. The first-order valence-corrected chi connectivity index (χ1v) is 9.57. The Morgan fingerprint density at radius 1 is 1.43 bits per heavy atom. The average Bonchev–Trinajstić information content (AvgIpc) is 3.00. The van der Waals surface area contributed by atoms with Crippen molar-refractivity contribution in [2.24, 2.45) is 0 Å². The van der Waals surface area contributed by atoms with E-state index in [-0.39, 0.29) is 0 Å². The van der Waals surface area contributed by atoms with E-state index in [1.807, 2.05) is 0 Å².